The average Bonchev–Trinajstić information content (AvgIpc) is 2.83. The van der Waals surface area contributed by atoms with Crippen molar-refractivity contribution in [1.82, 2.24) is 8.87 Å². The minimum atomic E-state index is -3.47. The van der Waals surface area contributed by atoms with Gasteiger partial charge in [-0.05, 0) is 54.3 Å². The highest BCUT2D eigenvalue weighted by Gasteiger charge is 2.25. The Morgan fingerprint density at radius 1 is 0.848 bits per heavy atom. The number of aromatic nitrogens is 1. The summed E-state index contributed by atoms with van der Waals surface area (Å²) in [5.74, 6) is -0.186. The average molecular weight is 466 g/mol. The number of benzene rings is 2. The van der Waals surface area contributed by atoms with Crippen molar-refractivity contribution >= 4 is 21.6 Å². The Morgan fingerprint density at radius 2 is 1.52 bits per heavy atom. The van der Waals surface area contributed by atoms with E-state index < -0.39 is 10.0 Å². The van der Waals surface area contributed by atoms with Gasteiger partial charge >= 0.3 is 0 Å². The minimum Gasteiger partial charge on any atom is -0.326 e. The number of hydrogen-bond donors (Lipinski definition) is 1. The molecule has 2 aromatic carbocycles. The van der Waals surface area contributed by atoms with Crippen LogP contribution < -0.4 is 10.9 Å². The van der Waals surface area contributed by atoms with Gasteiger partial charge in [-0.2, -0.15) is 4.31 Å². The van der Waals surface area contributed by atoms with E-state index in [0.717, 1.165) is 30.4 Å². The second kappa shape index (κ2) is 10.1. The molecule has 7 nitrogen and oxygen atoms in total. The summed E-state index contributed by atoms with van der Waals surface area (Å²) in [6.45, 7) is 1.58. The molecule has 0 unspecified atom stereocenters. The first-order valence-corrected chi connectivity index (χ1v) is 12.5. The van der Waals surface area contributed by atoms with E-state index in [1.807, 2.05) is 18.2 Å². The fourth-order valence-electron chi connectivity index (χ4n) is 3.91. The van der Waals surface area contributed by atoms with Crippen molar-refractivity contribution < 1.29 is 13.2 Å². The van der Waals surface area contributed by atoms with Crippen LogP contribution in [-0.4, -0.2) is 36.3 Å². The Balaban J connectivity index is 1.34. The molecule has 3 aromatic rings. The topological polar surface area (TPSA) is 88.5 Å². The summed E-state index contributed by atoms with van der Waals surface area (Å²) in [6, 6.07) is 18.9. The molecule has 172 valence electrons. The van der Waals surface area contributed by atoms with Crippen LogP contribution in [0.3, 0.4) is 0 Å². The van der Waals surface area contributed by atoms with Gasteiger partial charge in [0.15, 0.2) is 0 Å². The molecule has 1 amide bonds. The largest absolute Gasteiger partial charge is 0.326 e. The number of rotatable bonds is 7. The second-order valence-corrected chi connectivity index (χ2v) is 10.1. The SMILES string of the molecule is O=C(Cc1ccc(S(=O)(=O)N2CCCCC2)cc1)Nc1ccc(Cn2ccccc2=O)cc1. The number of pyridine rings is 1. The van der Waals surface area contributed by atoms with E-state index in [0.29, 0.717) is 25.3 Å². The molecule has 1 N–H and O–H groups in total. The molecular formula is C25H27N3O4S. The van der Waals surface area contributed by atoms with Crippen molar-refractivity contribution in [2.75, 3.05) is 18.4 Å². The zero-order valence-corrected chi connectivity index (χ0v) is 19.1. The van der Waals surface area contributed by atoms with Gasteiger partial charge in [0.1, 0.15) is 0 Å². The van der Waals surface area contributed by atoms with E-state index in [2.05, 4.69) is 5.32 Å². The quantitative estimate of drug-likeness (QED) is 0.580. The van der Waals surface area contributed by atoms with E-state index >= 15 is 0 Å². The van der Waals surface area contributed by atoms with Crippen molar-refractivity contribution in [2.45, 2.75) is 37.1 Å². The van der Waals surface area contributed by atoms with Gasteiger partial charge in [0.2, 0.25) is 15.9 Å². The van der Waals surface area contributed by atoms with Gasteiger partial charge in [-0.25, -0.2) is 8.42 Å². The predicted octanol–water partition coefficient (Wildman–Crippen LogP) is 3.25. The summed E-state index contributed by atoms with van der Waals surface area (Å²) in [5, 5.41) is 2.86. The lowest BCUT2D eigenvalue weighted by Gasteiger charge is -2.25. The predicted molar refractivity (Wildman–Crippen MR) is 128 cm³/mol. The van der Waals surface area contributed by atoms with Crippen LogP contribution in [0.25, 0.3) is 0 Å². The second-order valence-electron chi connectivity index (χ2n) is 8.20. The summed E-state index contributed by atoms with van der Waals surface area (Å²) >= 11 is 0. The maximum Gasteiger partial charge on any atom is 0.250 e. The molecule has 0 radical (unpaired) electrons. The van der Waals surface area contributed by atoms with Gasteiger partial charge in [0, 0.05) is 31.0 Å². The molecule has 0 atom stereocenters. The highest BCUT2D eigenvalue weighted by Crippen LogP contribution is 2.21. The standard InChI is InChI=1S/C25H27N3O4S/c29-24(26-22-11-7-21(8-12-22)19-27-15-5-2-6-25(27)30)18-20-9-13-23(14-10-20)33(31,32)28-16-3-1-4-17-28/h2,5-15H,1,3-4,16-19H2,(H,26,29). The third kappa shape index (κ3) is 5.77. The van der Waals surface area contributed by atoms with Crippen LogP contribution in [-0.2, 0) is 27.8 Å². The van der Waals surface area contributed by atoms with Crippen molar-refractivity contribution in [3.63, 3.8) is 0 Å². The number of nitrogens with zero attached hydrogens (tertiary/aromatic N) is 2. The van der Waals surface area contributed by atoms with Crippen LogP contribution in [0.4, 0.5) is 5.69 Å². The van der Waals surface area contributed by atoms with Gasteiger partial charge in [-0.3, -0.25) is 9.59 Å². The van der Waals surface area contributed by atoms with Crippen molar-refractivity contribution in [1.29, 1.82) is 0 Å². The molecule has 0 saturated carbocycles. The van der Waals surface area contributed by atoms with Gasteiger partial charge < -0.3 is 9.88 Å². The van der Waals surface area contributed by atoms with Gasteiger partial charge in [-0.15, -0.1) is 0 Å². The number of amides is 1. The molecule has 1 fully saturated rings. The Kier molecular flexibility index (Phi) is 7.05. The number of carbonyl (C=O) groups is 1. The fraction of sp³-hybridized carbons (Fsp3) is 0.280. The maximum absolute atomic E-state index is 12.8. The first-order valence-electron chi connectivity index (χ1n) is 11.1. The summed E-state index contributed by atoms with van der Waals surface area (Å²) in [4.78, 5) is 24.6. The van der Waals surface area contributed by atoms with E-state index in [9.17, 15) is 18.0 Å². The van der Waals surface area contributed by atoms with Crippen LogP contribution in [0, 0.1) is 0 Å². The zero-order valence-electron chi connectivity index (χ0n) is 18.3. The van der Waals surface area contributed by atoms with Gasteiger partial charge in [-0.1, -0.05) is 36.8 Å². The molecule has 4 rings (SSSR count). The Hall–Kier alpha value is -3.23. The van der Waals surface area contributed by atoms with Crippen molar-refractivity contribution in [3.05, 3.63) is 94.4 Å². The van der Waals surface area contributed by atoms with E-state index in [-0.39, 0.29) is 22.8 Å². The van der Waals surface area contributed by atoms with Crippen molar-refractivity contribution in [3.8, 4) is 0 Å². The molecule has 33 heavy (non-hydrogen) atoms. The number of hydrogen-bond acceptors (Lipinski definition) is 4. The number of piperidine rings is 1. The highest BCUT2D eigenvalue weighted by molar-refractivity contribution is 7.89. The Morgan fingerprint density at radius 3 is 2.18 bits per heavy atom. The van der Waals surface area contributed by atoms with Gasteiger partial charge in [0.05, 0.1) is 17.9 Å². The summed E-state index contributed by atoms with van der Waals surface area (Å²) < 4.78 is 28.7. The Labute approximate surface area is 193 Å². The molecule has 8 heteroatoms. The monoisotopic (exact) mass is 465 g/mol. The molecule has 1 aliphatic rings. The smallest absolute Gasteiger partial charge is 0.250 e. The molecule has 1 aromatic heterocycles. The lowest BCUT2D eigenvalue weighted by atomic mass is 10.1. The van der Waals surface area contributed by atoms with Crippen LogP contribution in [0.5, 0.6) is 0 Å². The van der Waals surface area contributed by atoms with Crippen LogP contribution >= 0.6 is 0 Å². The van der Waals surface area contributed by atoms with Crippen LogP contribution in [0.15, 0.2) is 82.6 Å². The molecule has 0 spiro atoms. The van der Waals surface area contributed by atoms with E-state index in [1.165, 1.54) is 10.4 Å². The summed E-state index contributed by atoms with van der Waals surface area (Å²) in [7, 11) is -3.47. The Bertz CT molecular complexity index is 1260. The third-order valence-corrected chi connectivity index (χ3v) is 7.64. The minimum absolute atomic E-state index is 0.0652. The first kappa shape index (κ1) is 22.9. The highest BCUT2D eigenvalue weighted by atomic mass is 32.2. The number of nitrogens with one attached hydrogen (secondary N) is 1. The van der Waals surface area contributed by atoms with E-state index in [1.54, 1.807) is 53.2 Å². The molecule has 1 aliphatic heterocycles. The number of carbonyl (C=O) groups excluding carboxylic acids is 1. The lowest BCUT2D eigenvalue weighted by molar-refractivity contribution is -0.115. The zero-order chi connectivity index (χ0) is 23.3. The molecule has 2 heterocycles. The fourth-order valence-corrected chi connectivity index (χ4v) is 5.42. The van der Waals surface area contributed by atoms with Crippen molar-refractivity contribution in [2.24, 2.45) is 0 Å². The van der Waals surface area contributed by atoms with Crippen LogP contribution in [0.1, 0.15) is 30.4 Å². The first-order chi connectivity index (χ1) is 15.9. The third-order valence-electron chi connectivity index (χ3n) is 5.73. The molecule has 0 bridgehead atoms. The lowest BCUT2D eigenvalue weighted by Crippen LogP contribution is -2.35. The normalized spacial score (nSPS) is 14.7. The number of sulfonamides is 1. The summed E-state index contributed by atoms with van der Waals surface area (Å²) in [6.07, 6.45) is 4.73. The molecule has 0 aliphatic carbocycles. The maximum atomic E-state index is 12.8. The van der Waals surface area contributed by atoms with E-state index in [4.69, 9.17) is 0 Å². The summed E-state index contributed by atoms with van der Waals surface area (Å²) in [5.41, 5.74) is 2.29. The van der Waals surface area contributed by atoms with Crippen LogP contribution in [0.2, 0.25) is 0 Å². The van der Waals surface area contributed by atoms with Gasteiger partial charge in [0.25, 0.3) is 5.56 Å². The molecule has 1 saturated heterocycles. The molecular weight excluding hydrogens is 438 g/mol. The number of anilines is 1.